The molecule has 0 heterocycles. The van der Waals surface area contributed by atoms with Crippen LogP contribution < -0.4 is 5.73 Å². The fourth-order valence-corrected chi connectivity index (χ4v) is 1.14. The van der Waals surface area contributed by atoms with Gasteiger partial charge in [-0.1, -0.05) is 6.07 Å². The molecule has 4 heteroatoms. The number of benzene rings is 1. The summed E-state index contributed by atoms with van der Waals surface area (Å²) in [4.78, 5) is 0. The minimum atomic E-state index is -0.393. The highest BCUT2D eigenvalue weighted by Crippen LogP contribution is 2.11. The fourth-order valence-electron chi connectivity index (χ4n) is 1.14. The van der Waals surface area contributed by atoms with Gasteiger partial charge in [-0.2, -0.15) is 0 Å². The third-order valence-electron chi connectivity index (χ3n) is 1.82. The van der Waals surface area contributed by atoms with E-state index in [1.54, 1.807) is 6.07 Å². The summed E-state index contributed by atoms with van der Waals surface area (Å²) < 4.78 is 18.0. The van der Waals surface area contributed by atoms with E-state index in [1.165, 1.54) is 12.1 Å². The van der Waals surface area contributed by atoms with Crippen LogP contribution in [0, 0.1) is 11.2 Å². The Hall–Kier alpha value is -1.42. The predicted molar refractivity (Wildman–Crippen MR) is 52.7 cm³/mol. The maximum atomic E-state index is 12.8. The quantitative estimate of drug-likeness (QED) is 0.568. The standard InChI is InChI=1S/C10H13FN2O/c1-2-14-6-7-3-4-8(11)5-9(7)10(12)13/h3-5H,2,6H2,1H3,(H3,12,13). The summed E-state index contributed by atoms with van der Waals surface area (Å²) in [6, 6.07) is 4.17. The summed E-state index contributed by atoms with van der Waals surface area (Å²) in [5, 5.41) is 7.26. The van der Waals surface area contributed by atoms with Gasteiger partial charge in [0.15, 0.2) is 0 Å². The van der Waals surface area contributed by atoms with E-state index in [1.807, 2.05) is 6.92 Å². The lowest BCUT2D eigenvalue weighted by Gasteiger charge is -2.07. The Morgan fingerprint density at radius 1 is 1.57 bits per heavy atom. The van der Waals surface area contributed by atoms with Gasteiger partial charge in [0.05, 0.1) is 6.61 Å². The van der Waals surface area contributed by atoms with E-state index in [0.29, 0.717) is 18.8 Å². The van der Waals surface area contributed by atoms with E-state index in [4.69, 9.17) is 15.9 Å². The Kier molecular flexibility index (Phi) is 3.59. The molecule has 0 unspecified atom stereocenters. The first kappa shape index (κ1) is 10.7. The lowest BCUT2D eigenvalue weighted by atomic mass is 10.1. The Balaban J connectivity index is 2.96. The number of nitrogens with one attached hydrogen (secondary N) is 1. The summed E-state index contributed by atoms with van der Waals surface area (Å²) in [6.07, 6.45) is 0. The van der Waals surface area contributed by atoms with Gasteiger partial charge in [-0.25, -0.2) is 4.39 Å². The molecule has 76 valence electrons. The highest BCUT2D eigenvalue weighted by molar-refractivity contribution is 5.96. The lowest BCUT2D eigenvalue weighted by molar-refractivity contribution is 0.134. The Labute approximate surface area is 82.2 Å². The van der Waals surface area contributed by atoms with Crippen molar-refractivity contribution in [3.8, 4) is 0 Å². The van der Waals surface area contributed by atoms with Crippen LogP contribution in [0.3, 0.4) is 0 Å². The molecule has 0 fully saturated rings. The van der Waals surface area contributed by atoms with Crippen LogP contribution in [0.15, 0.2) is 18.2 Å². The van der Waals surface area contributed by atoms with E-state index in [2.05, 4.69) is 0 Å². The molecular weight excluding hydrogens is 183 g/mol. The first-order chi connectivity index (χ1) is 6.65. The van der Waals surface area contributed by atoms with Gasteiger partial charge in [-0.05, 0) is 24.6 Å². The molecule has 1 aromatic carbocycles. The Bertz CT molecular complexity index is 339. The van der Waals surface area contributed by atoms with E-state index >= 15 is 0 Å². The first-order valence-corrected chi connectivity index (χ1v) is 4.35. The van der Waals surface area contributed by atoms with Gasteiger partial charge >= 0.3 is 0 Å². The summed E-state index contributed by atoms with van der Waals surface area (Å²) in [5.74, 6) is -0.533. The second-order valence-corrected chi connectivity index (χ2v) is 2.85. The SMILES string of the molecule is CCOCc1ccc(F)cc1C(=N)N. The van der Waals surface area contributed by atoms with E-state index in [-0.39, 0.29) is 5.84 Å². The van der Waals surface area contributed by atoms with Gasteiger partial charge in [-0.3, -0.25) is 5.41 Å². The maximum Gasteiger partial charge on any atom is 0.123 e. The molecule has 0 aromatic heterocycles. The molecule has 0 aliphatic rings. The van der Waals surface area contributed by atoms with Crippen LogP contribution in [0.1, 0.15) is 18.1 Å². The van der Waals surface area contributed by atoms with Gasteiger partial charge in [0.1, 0.15) is 11.7 Å². The van der Waals surface area contributed by atoms with Crippen molar-refractivity contribution in [2.45, 2.75) is 13.5 Å². The zero-order valence-corrected chi connectivity index (χ0v) is 8.01. The van der Waals surface area contributed by atoms with Gasteiger partial charge < -0.3 is 10.5 Å². The largest absolute Gasteiger partial charge is 0.384 e. The number of ether oxygens (including phenoxy) is 1. The zero-order chi connectivity index (χ0) is 10.6. The van der Waals surface area contributed by atoms with Gasteiger partial charge in [0, 0.05) is 12.2 Å². The third kappa shape index (κ3) is 2.53. The van der Waals surface area contributed by atoms with Crippen molar-refractivity contribution in [1.82, 2.24) is 0 Å². The molecule has 3 nitrogen and oxygen atoms in total. The maximum absolute atomic E-state index is 12.8. The van der Waals surface area contributed by atoms with Crippen LogP contribution >= 0.6 is 0 Å². The van der Waals surface area contributed by atoms with Crippen LogP contribution in [-0.2, 0) is 11.3 Å². The highest BCUT2D eigenvalue weighted by Gasteiger charge is 2.06. The highest BCUT2D eigenvalue weighted by atomic mass is 19.1. The van der Waals surface area contributed by atoms with Crippen molar-refractivity contribution in [3.05, 3.63) is 35.1 Å². The average molecular weight is 196 g/mol. The minimum Gasteiger partial charge on any atom is -0.384 e. The summed E-state index contributed by atoms with van der Waals surface area (Å²) in [5.41, 5.74) is 6.45. The molecule has 0 saturated carbocycles. The van der Waals surface area contributed by atoms with Crippen molar-refractivity contribution in [1.29, 1.82) is 5.41 Å². The van der Waals surface area contributed by atoms with Crippen LogP contribution in [0.25, 0.3) is 0 Å². The summed E-state index contributed by atoms with van der Waals surface area (Å²) in [7, 11) is 0. The molecule has 14 heavy (non-hydrogen) atoms. The number of hydrogen-bond acceptors (Lipinski definition) is 2. The molecule has 0 saturated heterocycles. The second kappa shape index (κ2) is 4.72. The van der Waals surface area contributed by atoms with E-state index in [9.17, 15) is 4.39 Å². The smallest absolute Gasteiger partial charge is 0.123 e. The number of rotatable bonds is 4. The number of hydrogen-bond donors (Lipinski definition) is 2. The third-order valence-corrected chi connectivity index (χ3v) is 1.82. The first-order valence-electron chi connectivity index (χ1n) is 4.35. The lowest BCUT2D eigenvalue weighted by Crippen LogP contribution is -2.14. The van der Waals surface area contributed by atoms with Crippen molar-refractivity contribution in [2.24, 2.45) is 5.73 Å². The number of halogens is 1. The van der Waals surface area contributed by atoms with E-state index < -0.39 is 5.82 Å². The van der Waals surface area contributed by atoms with E-state index in [0.717, 1.165) is 5.56 Å². The van der Waals surface area contributed by atoms with Crippen LogP contribution in [-0.4, -0.2) is 12.4 Å². The van der Waals surface area contributed by atoms with Gasteiger partial charge in [-0.15, -0.1) is 0 Å². The topological polar surface area (TPSA) is 59.1 Å². The molecule has 0 bridgehead atoms. The normalized spacial score (nSPS) is 10.1. The van der Waals surface area contributed by atoms with Crippen molar-refractivity contribution >= 4 is 5.84 Å². The zero-order valence-electron chi connectivity index (χ0n) is 8.01. The minimum absolute atomic E-state index is 0.140. The molecule has 0 radical (unpaired) electrons. The number of nitrogens with two attached hydrogens (primary N) is 1. The molecular formula is C10H13FN2O. The Morgan fingerprint density at radius 3 is 2.86 bits per heavy atom. The van der Waals surface area contributed by atoms with Crippen molar-refractivity contribution in [2.75, 3.05) is 6.61 Å². The van der Waals surface area contributed by atoms with Crippen LogP contribution in [0.2, 0.25) is 0 Å². The van der Waals surface area contributed by atoms with Gasteiger partial charge in [0.25, 0.3) is 0 Å². The van der Waals surface area contributed by atoms with Gasteiger partial charge in [0.2, 0.25) is 0 Å². The van der Waals surface area contributed by atoms with Crippen LogP contribution in [0.5, 0.6) is 0 Å². The monoisotopic (exact) mass is 196 g/mol. The predicted octanol–water partition coefficient (Wildman–Crippen LogP) is 1.65. The molecule has 0 spiro atoms. The summed E-state index contributed by atoms with van der Waals surface area (Å²) in [6.45, 7) is 2.80. The molecule has 1 rings (SSSR count). The molecule has 0 amide bonds. The fraction of sp³-hybridized carbons (Fsp3) is 0.300. The number of nitrogen functional groups attached to an aromatic ring is 1. The molecule has 0 aliphatic heterocycles. The number of amidine groups is 1. The van der Waals surface area contributed by atoms with Crippen molar-refractivity contribution in [3.63, 3.8) is 0 Å². The second-order valence-electron chi connectivity index (χ2n) is 2.85. The molecule has 0 atom stereocenters. The summed E-state index contributed by atoms with van der Waals surface area (Å²) >= 11 is 0. The molecule has 0 aliphatic carbocycles. The Morgan fingerprint density at radius 2 is 2.29 bits per heavy atom. The molecule has 1 aromatic rings. The van der Waals surface area contributed by atoms with Crippen LogP contribution in [0.4, 0.5) is 4.39 Å². The molecule has 3 N–H and O–H groups in total. The average Bonchev–Trinajstić information content (AvgIpc) is 2.15. The van der Waals surface area contributed by atoms with Crippen molar-refractivity contribution < 1.29 is 9.13 Å².